The van der Waals surface area contributed by atoms with E-state index in [0.717, 1.165) is 19.3 Å². The summed E-state index contributed by atoms with van der Waals surface area (Å²) in [5.41, 5.74) is 0. The number of carbonyl (C=O) groups is 1. The monoisotopic (exact) mass is 267 g/mol. The number of hydrogen-bond donors (Lipinski definition) is 2. The van der Waals surface area contributed by atoms with Gasteiger partial charge in [0.2, 0.25) is 0 Å². The van der Waals surface area contributed by atoms with Gasteiger partial charge in [0, 0.05) is 12.6 Å². The van der Waals surface area contributed by atoms with E-state index in [9.17, 15) is 18.0 Å². The lowest BCUT2D eigenvalue weighted by molar-refractivity contribution is -0.192. The Labute approximate surface area is 105 Å². The third-order valence-corrected chi connectivity index (χ3v) is 3.90. The third-order valence-electron chi connectivity index (χ3n) is 3.90. The number of nitrogens with one attached hydrogen (secondary N) is 1. The third kappa shape index (κ3) is 4.15. The molecule has 0 aliphatic heterocycles. The zero-order valence-corrected chi connectivity index (χ0v) is 10.6. The summed E-state index contributed by atoms with van der Waals surface area (Å²) in [5, 5.41) is 11.3. The van der Waals surface area contributed by atoms with Crippen LogP contribution in [0.3, 0.4) is 0 Å². The average molecular weight is 267 g/mol. The van der Waals surface area contributed by atoms with Crippen molar-refractivity contribution in [2.75, 3.05) is 6.54 Å². The van der Waals surface area contributed by atoms with Crippen LogP contribution in [0.2, 0.25) is 0 Å². The Balaban J connectivity index is 2.46. The molecule has 4 unspecified atom stereocenters. The zero-order chi connectivity index (χ0) is 13.9. The highest BCUT2D eigenvalue weighted by molar-refractivity contribution is 5.71. The van der Waals surface area contributed by atoms with Crippen LogP contribution in [0.4, 0.5) is 13.2 Å². The molecule has 6 heteroatoms. The Morgan fingerprint density at radius 1 is 1.33 bits per heavy atom. The summed E-state index contributed by atoms with van der Waals surface area (Å²) in [7, 11) is 0. The lowest BCUT2D eigenvalue weighted by Gasteiger charge is -2.33. The molecule has 1 aliphatic rings. The fraction of sp³-hybridized carbons (Fsp3) is 0.917. The molecular weight excluding hydrogens is 247 g/mol. The molecule has 0 radical (unpaired) electrons. The van der Waals surface area contributed by atoms with Crippen LogP contribution < -0.4 is 5.32 Å². The summed E-state index contributed by atoms with van der Waals surface area (Å²) in [6.07, 6.45) is -2.09. The Kier molecular flexibility index (Phi) is 5.01. The Morgan fingerprint density at radius 2 is 1.94 bits per heavy atom. The molecule has 1 fully saturated rings. The lowest BCUT2D eigenvalue weighted by atomic mass is 9.79. The second-order valence-corrected chi connectivity index (χ2v) is 5.31. The van der Waals surface area contributed by atoms with Gasteiger partial charge >= 0.3 is 12.1 Å². The first kappa shape index (κ1) is 15.3. The second kappa shape index (κ2) is 5.91. The SMILES string of the molecule is CC1CCC(NCC(C(=O)O)C(F)(F)F)CC1C. The Hall–Kier alpha value is -0.780. The van der Waals surface area contributed by atoms with E-state index in [1.807, 2.05) is 0 Å². The average Bonchev–Trinajstić information content (AvgIpc) is 2.21. The summed E-state index contributed by atoms with van der Waals surface area (Å²) in [6, 6.07) is 0.000370. The fourth-order valence-electron chi connectivity index (χ4n) is 2.36. The van der Waals surface area contributed by atoms with Crippen molar-refractivity contribution in [3.05, 3.63) is 0 Å². The van der Waals surface area contributed by atoms with Crippen molar-refractivity contribution in [1.82, 2.24) is 5.32 Å². The maximum atomic E-state index is 12.4. The van der Waals surface area contributed by atoms with E-state index in [2.05, 4.69) is 19.2 Å². The molecule has 0 amide bonds. The summed E-state index contributed by atoms with van der Waals surface area (Å²) >= 11 is 0. The van der Waals surface area contributed by atoms with E-state index in [1.165, 1.54) is 0 Å². The predicted molar refractivity (Wildman–Crippen MR) is 61.2 cm³/mol. The number of carboxylic acid groups (broad SMARTS) is 1. The normalized spacial score (nSPS) is 31.1. The van der Waals surface area contributed by atoms with Crippen LogP contribution in [0.5, 0.6) is 0 Å². The van der Waals surface area contributed by atoms with Gasteiger partial charge in [-0.3, -0.25) is 4.79 Å². The van der Waals surface area contributed by atoms with Gasteiger partial charge in [-0.05, 0) is 31.1 Å². The van der Waals surface area contributed by atoms with Gasteiger partial charge in [0.25, 0.3) is 0 Å². The van der Waals surface area contributed by atoms with Gasteiger partial charge in [-0.2, -0.15) is 13.2 Å². The van der Waals surface area contributed by atoms with Crippen molar-refractivity contribution in [3.63, 3.8) is 0 Å². The molecule has 1 saturated carbocycles. The highest BCUT2D eigenvalue weighted by Gasteiger charge is 2.45. The largest absolute Gasteiger partial charge is 0.481 e. The number of hydrogen-bond acceptors (Lipinski definition) is 2. The van der Waals surface area contributed by atoms with Crippen molar-refractivity contribution in [3.8, 4) is 0 Å². The van der Waals surface area contributed by atoms with Crippen LogP contribution in [0.1, 0.15) is 33.1 Å². The molecule has 18 heavy (non-hydrogen) atoms. The summed E-state index contributed by atoms with van der Waals surface area (Å²) in [6.45, 7) is 3.68. The number of halogens is 3. The van der Waals surface area contributed by atoms with Gasteiger partial charge < -0.3 is 10.4 Å². The first-order chi connectivity index (χ1) is 8.21. The minimum atomic E-state index is -4.69. The minimum absolute atomic E-state index is 0.000370. The number of alkyl halides is 3. The van der Waals surface area contributed by atoms with E-state index in [0.29, 0.717) is 11.8 Å². The van der Waals surface area contributed by atoms with Crippen LogP contribution >= 0.6 is 0 Å². The molecule has 0 aromatic heterocycles. The maximum Gasteiger partial charge on any atom is 0.403 e. The van der Waals surface area contributed by atoms with Gasteiger partial charge in [0.1, 0.15) is 0 Å². The first-order valence-corrected chi connectivity index (χ1v) is 6.24. The quantitative estimate of drug-likeness (QED) is 0.823. The van der Waals surface area contributed by atoms with E-state index in [1.54, 1.807) is 0 Å². The molecule has 0 aromatic rings. The van der Waals surface area contributed by atoms with Crippen LogP contribution in [-0.2, 0) is 4.79 Å². The number of aliphatic carboxylic acids is 1. The molecule has 4 atom stereocenters. The predicted octanol–water partition coefficient (Wildman–Crippen LogP) is 2.66. The van der Waals surface area contributed by atoms with Gasteiger partial charge in [-0.1, -0.05) is 13.8 Å². The van der Waals surface area contributed by atoms with Gasteiger partial charge in [0.05, 0.1) is 0 Å². The first-order valence-electron chi connectivity index (χ1n) is 6.24. The van der Waals surface area contributed by atoms with Gasteiger partial charge in [-0.15, -0.1) is 0 Å². The molecule has 0 heterocycles. The molecule has 0 bridgehead atoms. The van der Waals surface area contributed by atoms with Crippen LogP contribution in [-0.4, -0.2) is 29.8 Å². The number of rotatable bonds is 4. The van der Waals surface area contributed by atoms with Crippen molar-refractivity contribution in [1.29, 1.82) is 0 Å². The maximum absolute atomic E-state index is 12.4. The molecule has 106 valence electrons. The highest BCUT2D eigenvalue weighted by Crippen LogP contribution is 2.30. The molecule has 1 rings (SSSR count). The minimum Gasteiger partial charge on any atom is -0.481 e. The van der Waals surface area contributed by atoms with E-state index in [4.69, 9.17) is 5.11 Å². The fourth-order valence-corrected chi connectivity index (χ4v) is 2.36. The van der Waals surface area contributed by atoms with Crippen molar-refractivity contribution in [2.24, 2.45) is 17.8 Å². The van der Waals surface area contributed by atoms with Crippen molar-refractivity contribution in [2.45, 2.75) is 45.3 Å². The molecule has 0 aromatic carbocycles. The molecule has 0 spiro atoms. The molecule has 2 N–H and O–H groups in total. The second-order valence-electron chi connectivity index (χ2n) is 5.31. The van der Waals surface area contributed by atoms with E-state index in [-0.39, 0.29) is 6.04 Å². The lowest BCUT2D eigenvalue weighted by Crippen LogP contribution is -2.44. The van der Waals surface area contributed by atoms with Crippen LogP contribution in [0.15, 0.2) is 0 Å². The summed E-state index contributed by atoms with van der Waals surface area (Å²) in [5.74, 6) is -3.08. The summed E-state index contributed by atoms with van der Waals surface area (Å²) < 4.78 is 37.3. The summed E-state index contributed by atoms with van der Waals surface area (Å²) in [4.78, 5) is 10.6. The number of carboxylic acids is 1. The molecule has 0 saturated heterocycles. The van der Waals surface area contributed by atoms with Gasteiger partial charge in [-0.25, -0.2) is 0 Å². The van der Waals surface area contributed by atoms with E-state index < -0.39 is 24.6 Å². The molecular formula is C12H20F3NO2. The topological polar surface area (TPSA) is 49.3 Å². The van der Waals surface area contributed by atoms with Crippen LogP contribution in [0, 0.1) is 17.8 Å². The standard InChI is InChI=1S/C12H20F3NO2/c1-7-3-4-9(5-8(7)2)16-6-10(11(17)18)12(13,14)15/h7-10,16H,3-6H2,1-2H3,(H,17,18). The van der Waals surface area contributed by atoms with Crippen molar-refractivity contribution >= 4 is 5.97 Å². The van der Waals surface area contributed by atoms with Crippen LogP contribution in [0.25, 0.3) is 0 Å². The zero-order valence-electron chi connectivity index (χ0n) is 10.6. The van der Waals surface area contributed by atoms with Gasteiger partial charge in [0.15, 0.2) is 5.92 Å². The Morgan fingerprint density at radius 3 is 2.39 bits per heavy atom. The molecule has 3 nitrogen and oxygen atoms in total. The van der Waals surface area contributed by atoms with Crippen molar-refractivity contribution < 1.29 is 23.1 Å². The molecule has 1 aliphatic carbocycles. The highest BCUT2D eigenvalue weighted by atomic mass is 19.4. The van der Waals surface area contributed by atoms with E-state index >= 15 is 0 Å². The Bertz CT molecular complexity index is 294. The smallest absolute Gasteiger partial charge is 0.403 e.